The minimum absolute atomic E-state index is 0.00782. The van der Waals surface area contributed by atoms with Crippen LogP contribution in [0, 0.1) is 0 Å². The van der Waals surface area contributed by atoms with Gasteiger partial charge in [0.2, 0.25) is 10.0 Å². The fraction of sp³-hybridized carbons (Fsp3) is 0.533. The van der Waals surface area contributed by atoms with Gasteiger partial charge in [0.15, 0.2) is 5.78 Å². The van der Waals surface area contributed by atoms with Gasteiger partial charge < -0.3 is 4.90 Å². The van der Waals surface area contributed by atoms with Crippen molar-refractivity contribution in [3.63, 3.8) is 0 Å². The van der Waals surface area contributed by atoms with Crippen LogP contribution in [0.25, 0.3) is 0 Å². The van der Waals surface area contributed by atoms with E-state index in [1.54, 1.807) is 19.1 Å². The van der Waals surface area contributed by atoms with Crippen LogP contribution in [0.15, 0.2) is 29.2 Å². The normalized spacial score (nSPS) is 11.8. The summed E-state index contributed by atoms with van der Waals surface area (Å²) in [6.07, 6.45) is 0.411. The number of sulfonamides is 1. The smallest absolute Gasteiger partial charge is 0.240 e. The fourth-order valence-electron chi connectivity index (χ4n) is 1.99. The summed E-state index contributed by atoms with van der Waals surface area (Å²) < 4.78 is 26.8. The van der Waals surface area contributed by atoms with Gasteiger partial charge in [0.25, 0.3) is 0 Å². The summed E-state index contributed by atoms with van der Waals surface area (Å²) in [5, 5.41) is 0. The Bertz CT molecular complexity index is 549. The maximum absolute atomic E-state index is 12.1. The van der Waals surface area contributed by atoms with Crippen LogP contribution in [0.4, 0.5) is 0 Å². The molecule has 1 aromatic rings. The molecule has 0 radical (unpaired) electrons. The maximum Gasteiger partial charge on any atom is 0.240 e. The first-order valence-corrected chi connectivity index (χ1v) is 8.78. The third-order valence-electron chi connectivity index (χ3n) is 3.42. The van der Waals surface area contributed by atoms with E-state index in [0.29, 0.717) is 25.1 Å². The molecule has 1 aromatic carbocycles. The third kappa shape index (κ3) is 5.22. The summed E-state index contributed by atoms with van der Waals surface area (Å²) in [5.74, 6) is 0.00782. The van der Waals surface area contributed by atoms with Crippen molar-refractivity contribution >= 4 is 15.8 Å². The fourth-order valence-corrected chi connectivity index (χ4v) is 3.01. The van der Waals surface area contributed by atoms with Gasteiger partial charge >= 0.3 is 0 Å². The second-order valence-corrected chi connectivity index (χ2v) is 6.49. The first-order chi connectivity index (χ1) is 9.94. The molecule has 0 atom stereocenters. The van der Waals surface area contributed by atoms with E-state index in [4.69, 9.17) is 0 Å². The van der Waals surface area contributed by atoms with E-state index in [1.165, 1.54) is 12.1 Å². The number of nitrogens with one attached hydrogen (secondary N) is 1. The van der Waals surface area contributed by atoms with Crippen LogP contribution in [-0.4, -0.2) is 45.3 Å². The van der Waals surface area contributed by atoms with Crippen LogP contribution in [-0.2, 0) is 10.0 Å². The molecule has 0 saturated carbocycles. The SMILES string of the molecule is CCC(=O)c1ccc(S(=O)(=O)NCCN(CC)CC)cc1. The Balaban J connectivity index is 2.68. The van der Waals surface area contributed by atoms with Crippen molar-refractivity contribution in [2.75, 3.05) is 26.2 Å². The average molecular weight is 312 g/mol. The number of hydrogen-bond acceptors (Lipinski definition) is 4. The quantitative estimate of drug-likeness (QED) is 0.707. The topological polar surface area (TPSA) is 66.5 Å². The highest BCUT2D eigenvalue weighted by molar-refractivity contribution is 7.89. The second kappa shape index (κ2) is 8.26. The Labute approximate surface area is 127 Å². The number of likely N-dealkylation sites (N-methyl/N-ethyl adjacent to an activating group) is 1. The molecule has 1 N–H and O–H groups in total. The first-order valence-electron chi connectivity index (χ1n) is 7.29. The van der Waals surface area contributed by atoms with Crippen LogP contribution < -0.4 is 4.72 Å². The highest BCUT2D eigenvalue weighted by atomic mass is 32.2. The van der Waals surface area contributed by atoms with Gasteiger partial charge in [-0.15, -0.1) is 0 Å². The summed E-state index contributed by atoms with van der Waals surface area (Å²) in [4.78, 5) is 13.9. The van der Waals surface area contributed by atoms with E-state index < -0.39 is 10.0 Å². The average Bonchev–Trinajstić information content (AvgIpc) is 2.51. The van der Waals surface area contributed by atoms with Gasteiger partial charge in [-0.25, -0.2) is 13.1 Å². The molecular formula is C15H24N2O3S. The Morgan fingerprint density at radius 2 is 1.67 bits per heavy atom. The number of ketones is 1. The lowest BCUT2D eigenvalue weighted by molar-refractivity contribution is 0.0988. The summed E-state index contributed by atoms with van der Waals surface area (Å²) >= 11 is 0. The third-order valence-corrected chi connectivity index (χ3v) is 4.90. The van der Waals surface area contributed by atoms with E-state index in [-0.39, 0.29) is 10.7 Å². The molecule has 0 aliphatic heterocycles. The monoisotopic (exact) mass is 312 g/mol. The molecule has 0 aliphatic rings. The molecule has 21 heavy (non-hydrogen) atoms. The minimum atomic E-state index is -3.51. The minimum Gasteiger partial charge on any atom is -0.303 e. The van der Waals surface area contributed by atoms with Gasteiger partial charge in [0, 0.05) is 25.1 Å². The molecule has 5 nitrogen and oxygen atoms in total. The number of hydrogen-bond donors (Lipinski definition) is 1. The summed E-state index contributed by atoms with van der Waals surface area (Å²) in [5.41, 5.74) is 0.541. The van der Waals surface area contributed by atoms with Crippen molar-refractivity contribution in [1.82, 2.24) is 9.62 Å². The molecule has 1 rings (SSSR count). The van der Waals surface area contributed by atoms with Crippen LogP contribution in [0.3, 0.4) is 0 Å². The van der Waals surface area contributed by atoms with Gasteiger partial charge in [0.1, 0.15) is 0 Å². The predicted octanol–water partition coefficient (Wildman–Crippen LogP) is 1.90. The molecule has 118 valence electrons. The largest absolute Gasteiger partial charge is 0.303 e. The standard InChI is InChI=1S/C15H24N2O3S/c1-4-15(18)13-7-9-14(10-8-13)21(19,20)16-11-12-17(5-2)6-3/h7-10,16H,4-6,11-12H2,1-3H3. The molecule has 0 fully saturated rings. The van der Waals surface area contributed by atoms with Gasteiger partial charge in [-0.05, 0) is 25.2 Å². The van der Waals surface area contributed by atoms with Gasteiger partial charge in [0.05, 0.1) is 4.90 Å². The summed E-state index contributed by atoms with van der Waals surface area (Å²) in [6, 6.07) is 6.07. The lowest BCUT2D eigenvalue weighted by atomic mass is 10.1. The van der Waals surface area contributed by atoms with Crippen LogP contribution in [0.5, 0.6) is 0 Å². The molecule has 0 spiro atoms. The lowest BCUT2D eigenvalue weighted by Crippen LogP contribution is -2.34. The molecule has 6 heteroatoms. The molecule has 0 aromatic heterocycles. The number of nitrogens with zero attached hydrogens (tertiary/aromatic N) is 1. The number of carbonyl (C=O) groups is 1. The molecular weight excluding hydrogens is 288 g/mol. The number of rotatable bonds is 9. The van der Waals surface area contributed by atoms with Crippen molar-refractivity contribution in [1.29, 1.82) is 0 Å². The first kappa shape index (κ1) is 17.8. The molecule has 0 amide bonds. The lowest BCUT2D eigenvalue weighted by Gasteiger charge is -2.18. The molecule has 0 unspecified atom stereocenters. The molecule has 0 heterocycles. The molecule has 0 bridgehead atoms. The molecule has 0 saturated heterocycles. The number of benzene rings is 1. The van der Waals surface area contributed by atoms with Crippen LogP contribution >= 0.6 is 0 Å². The zero-order valence-corrected chi connectivity index (χ0v) is 13.7. The van der Waals surface area contributed by atoms with Crippen molar-refractivity contribution in [3.05, 3.63) is 29.8 Å². The van der Waals surface area contributed by atoms with E-state index in [1.807, 2.05) is 13.8 Å². The zero-order valence-electron chi connectivity index (χ0n) is 12.9. The van der Waals surface area contributed by atoms with Gasteiger partial charge in [-0.2, -0.15) is 0 Å². The summed E-state index contributed by atoms with van der Waals surface area (Å²) in [6.45, 7) is 8.71. The highest BCUT2D eigenvalue weighted by Gasteiger charge is 2.14. The van der Waals surface area contributed by atoms with E-state index in [2.05, 4.69) is 9.62 Å². The van der Waals surface area contributed by atoms with Gasteiger partial charge in [-0.3, -0.25) is 4.79 Å². The van der Waals surface area contributed by atoms with E-state index >= 15 is 0 Å². The molecule has 0 aliphatic carbocycles. The van der Waals surface area contributed by atoms with Gasteiger partial charge in [-0.1, -0.05) is 32.9 Å². The zero-order chi connectivity index (χ0) is 15.9. The van der Waals surface area contributed by atoms with Crippen LogP contribution in [0.1, 0.15) is 37.6 Å². The maximum atomic E-state index is 12.1. The van der Waals surface area contributed by atoms with Crippen molar-refractivity contribution < 1.29 is 13.2 Å². The Morgan fingerprint density at radius 3 is 2.14 bits per heavy atom. The number of carbonyl (C=O) groups excluding carboxylic acids is 1. The Hall–Kier alpha value is -1.24. The second-order valence-electron chi connectivity index (χ2n) is 4.73. The summed E-state index contributed by atoms with van der Waals surface area (Å²) in [7, 11) is -3.51. The Morgan fingerprint density at radius 1 is 1.10 bits per heavy atom. The predicted molar refractivity (Wildman–Crippen MR) is 84.0 cm³/mol. The highest BCUT2D eigenvalue weighted by Crippen LogP contribution is 2.11. The van der Waals surface area contributed by atoms with Crippen molar-refractivity contribution in [3.8, 4) is 0 Å². The van der Waals surface area contributed by atoms with E-state index in [9.17, 15) is 13.2 Å². The number of Topliss-reactive ketones (excluding diaryl/α,β-unsaturated/α-hetero) is 1. The Kier molecular flexibility index (Phi) is 7.01. The van der Waals surface area contributed by atoms with Crippen molar-refractivity contribution in [2.24, 2.45) is 0 Å². The van der Waals surface area contributed by atoms with E-state index in [0.717, 1.165) is 13.1 Å². The van der Waals surface area contributed by atoms with Crippen LogP contribution in [0.2, 0.25) is 0 Å². The van der Waals surface area contributed by atoms with Crippen molar-refractivity contribution in [2.45, 2.75) is 32.1 Å².